The lowest BCUT2D eigenvalue weighted by Gasteiger charge is -2.16. The largest absolute Gasteiger partial charge is 0.493 e. The minimum absolute atomic E-state index is 0.279. The predicted molar refractivity (Wildman–Crippen MR) is 104 cm³/mol. The first kappa shape index (κ1) is 20.5. The van der Waals surface area contributed by atoms with Crippen LogP contribution in [-0.2, 0) is 20.8 Å². The van der Waals surface area contributed by atoms with E-state index < -0.39 is 0 Å². The van der Waals surface area contributed by atoms with E-state index in [1.165, 1.54) is 5.57 Å². The minimum Gasteiger partial charge on any atom is -0.493 e. The molecule has 26 heavy (non-hydrogen) atoms. The molecule has 0 fully saturated rings. The van der Waals surface area contributed by atoms with Gasteiger partial charge in [0.05, 0.1) is 18.5 Å². The van der Waals surface area contributed by atoms with Crippen molar-refractivity contribution in [3.05, 3.63) is 53.3 Å². The standard InChI is InChI=1S/C22H32O4/c1-18(2)24-14-6-13-23-15-16-25-22-8-5-4-7-20(22)17-26-21-11-9-19(3)10-12-21/h4-5,7-9,11,18H,6,10,12-17H2,1-3H3. The molecule has 0 spiro atoms. The molecule has 0 radical (unpaired) electrons. The zero-order valence-electron chi connectivity index (χ0n) is 16.3. The molecule has 2 rings (SSSR count). The first-order valence-electron chi connectivity index (χ1n) is 9.54. The maximum Gasteiger partial charge on any atom is 0.126 e. The van der Waals surface area contributed by atoms with E-state index in [-0.39, 0.29) is 6.10 Å². The van der Waals surface area contributed by atoms with Gasteiger partial charge in [0.1, 0.15) is 19.0 Å². The van der Waals surface area contributed by atoms with Crippen molar-refractivity contribution in [1.29, 1.82) is 0 Å². The van der Waals surface area contributed by atoms with Crippen LogP contribution in [0, 0.1) is 0 Å². The summed E-state index contributed by atoms with van der Waals surface area (Å²) in [6.45, 7) is 9.30. The molecule has 0 aromatic heterocycles. The van der Waals surface area contributed by atoms with E-state index in [4.69, 9.17) is 18.9 Å². The molecule has 1 aromatic carbocycles. The molecule has 0 saturated heterocycles. The van der Waals surface area contributed by atoms with E-state index in [0.29, 0.717) is 26.4 Å². The molecule has 0 bridgehead atoms. The highest BCUT2D eigenvalue weighted by atomic mass is 16.5. The summed E-state index contributed by atoms with van der Waals surface area (Å²) in [7, 11) is 0. The zero-order valence-corrected chi connectivity index (χ0v) is 16.3. The van der Waals surface area contributed by atoms with Gasteiger partial charge in [0.25, 0.3) is 0 Å². The minimum atomic E-state index is 0.279. The van der Waals surface area contributed by atoms with Gasteiger partial charge in [-0.15, -0.1) is 0 Å². The SMILES string of the molecule is CC1=CC=C(OCc2ccccc2OCCOCCCOC(C)C)CC1. The van der Waals surface area contributed by atoms with Crippen molar-refractivity contribution in [2.24, 2.45) is 0 Å². The molecule has 0 aliphatic heterocycles. The van der Waals surface area contributed by atoms with E-state index in [2.05, 4.69) is 19.1 Å². The summed E-state index contributed by atoms with van der Waals surface area (Å²) in [5.41, 5.74) is 2.46. The lowest BCUT2D eigenvalue weighted by atomic mass is 10.1. The van der Waals surface area contributed by atoms with Gasteiger partial charge in [0, 0.05) is 25.2 Å². The second kappa shape index (κ2) is 11.8. The van der Waals surface area contributed by atoms with Crippen LogP contribution in [0.1, 0.15) is 45.6 Å². The van der Waals surface area contributed by atoms with Crippen molar-refractivity contribution >= 4 is 0 Å². The fraction of sp³-hybridized carbons (Fsp3) is 0.545. The molecule has 0 unspecified atom stereocenters. The number of para-hydroxylation sites is 1. The van der Waals surface area contributed by atoms with Gasteiger partial charge in [0.15, 0.2) is 0 Å². The van der Waals surface area contributed by atoms with E-state index in [0.717, 1.165) is 42.9 Å². The average molecular weight is 360 g/mol. The Kier molecular flexibility index (Phi) is 9.29. The lowest BCUT2D eigenvalue weighted by molar-refractivity contribution is 0.0444. The van der Waals surface area contributed by atoms with Crippen LogP contribution in [-0.4, -0.2) is 32.5 Å². The predicted octanol–water partition coefficient (Wildman–Crippen LogP) is 5.04. The quantitative estimate of drug-likeness (QED) is 0.490. The van der Waals surface area contributed by atoms with Crippen molar-refractivity contribution in [2.75, 3.05) is 26.4 Å². The molecule has 0 saturated carbocycles. The summed E-state index contributed by atoms with van der Waals surface area (Å²) < 4.78 is 22.9. The van der Waals surface area contributed by atoms with Crippen LogP contribution in [0.5, 0.6) is 5.75 Å². The van der Waals surface area contributed by atoms with Crippen LogP contribution in [0.4, 0.5) is 0 Å². The van der Waals surface area contributed by atoms with E-state index in [1.54, 1.807) is 0 Å². The van der Waals surface area contributed by atoms with Gasteiger partial charge in [0.2, 0.25) is 0 Å². The third kappa shape index (κ3) is 8.07. The Balaban J connectivity index is 1.66. The maximum atomic E-state index is 5.94. The molecule has 0 heterocycles. The molecule has 0 amide bonds. The summed E-state index contributed by atoms with van der Waals surface area (Å²) in [5.74, 6) is 1.90. The van der Waals surface area contributed by atoms with Crippen LogP contribution < -0.4 is 4.74 Å². The third-order valence-corrected chi connectivity index (χ3v) is 4.07. The first-order valence-corrected chi connectivity index (χ1v) is 9.54. The highest BCUT2D eigenvalue weighted by Gasteiger charge is 2.08. The molecular weight excluding hydrogens is 328 g/mol. The summed E-state index contributed by atoms with van der Waals surface area (Å²) in [6, 6.07) is 8.02. The Labute approximate surface area is 157 Å². The van der Waals surface area contributed by atoms with Crippen molar-refractivity contribution in [2.45, 2.75) is 52.7 Å². The summed E-state index contributed by atoms with van der Waals surface area (Å²) in [5, 5.41) is 0. The molecule has 1 aliphatic carbocycles. The molecule has 4 heteroatoms. The van der Waals surface area contributed by atoms with Gasteiger partial charge in [-0.1, -0.05) is 29.8 Å². The smallest absolute Gasteiger partial charge is 0.126 e. The van der Waals surface area contributed by atoms with E-state index in [9.17, 15) is 0 Å². The normalized spacial score (nSPS) is 14.2. The highest BCUT2D eigenvalue weighted by Crippen LogP contribution is 2.23. The summed E-state index contributed by atoms with van der Waals surface area (Å²) in [6.07, 6.45) is 7.43. The van der Waals surface area contributed by atoms with Crippen LogP contribution in [0.25, 0.3) is 0 Å². The van der Waals surface area contributed by atoms with Crippen molar-refractivity contribution in [3.8, 4) is 5.75 Å². The molecule has 0 N–H and O–H groups in total. The van der Waals surface area contributed by atoms with Crippen molar-refractivity contribution < 1.29 is 18.9 Å². The topological polar surface area (TPSA) is 36.9 Å². The Morgan fingerprint density at radius 3 is 2.54 bits per heavy atom. The van der Waals surface area contributed by atoms with Crippen molar-refractivity contribution in [3.63, 3.8) is 0 Å². The van der Waals surface area contributed by atoms with Gasteiger partial charge in [-0.25, -0.2) is 0 Å². The number of hydrogen-bond acceptors (Lipinski definition) is 4. The van der Waals surface area contributed by atoms with Gasteiger partial charge >= 0.3 is 0 Å². The first-order chi connectivity index (χ1) is 12.6. The number of benzene rings is 1. The summed E-state index contributed by atoms with van der Waals surface area (Å²) in [4.78, 5) is 0. The third-order valence-electron chi connectivity index (χ3n) is 4.07. The Hall–Kier alpha value is -1.78. The number of hydrogen-bond donors (Lipinski definition) is 0. The fourth-order valence-corrected chi connectivity index (χ4v) is 2.57. The van der Waals surface area contributed by atoms with Crippen LogP contribution in [0.3, 0.4) is 0 Å². The molecule has 0 atom stereocenters. The number of rotatable bonds is 12. The molecule has 1 aromatic rings. The number of ether oxygens (including phenoxy) is 4. The zero-order chi connectivity index (χ0) is 18.6. The highest BCUT2D eigenvalue weighted by molar-refractivity contribution is 5.33. The molecule has 4 nitrogen and oxygen atoms in total. The van der Waals surface area contributed by atoms with E-state index in [1.807, 2.05) is 38.1 Å². The van der Waals surface area contributed by atoms with Crippen LogP contribution >= 0.6 is 0 Å². The Bertz CT molecular complexity index is 590. The molecule has 1 aliphatic rings. The average Bonchev–Trinajstić information content (AvgIpc) is 2.64. The van der Waals surface area contributed by atoms with Gasteiger partial charge in [-0.3, -0.25) is 0 Å². The lowest BCUT2D eigenvalue weighted by Crippen LogP contribution is -2.11. The maximum absolute atomic E-state index is 5.94. The van der Waals surface area contributed by atoms with E-state index >= 15 is 0 Å². The number of allylic oxidation sites excluding steroid dienone is 4. The van der Waals surface area contributed by atoms with Crippen molar-refractivity contribution in [1.82, 2.24) is 0 Å². The van der Waals surface area contributed by atoms with Gasteiger partial charge in [-0.2, -0.15) is 0 Å². The molecule has 144 valence electrons. The molecular formula is C22H32O4. The van der Waals surface area contributed by atoms with Gasteiger partial charge in [-0.05, 0) is 45.8 Å². The monoisotopic (exact) mass is 360 g/mol. The Morgan fingerprint density at radius 1 is 0.923 bits per heavy atom. The van der Waals surface area contributed by atoms with Crippen LogP contribution in [0.2, 0.25) is 0 Å². The Morgan fingerprint density at radius 2 is 1.77 bits per heavy atom. The summed E-state index contributed by atoms with van der Waals surface area (Å²) >= 11 is 0. The van der Waals surface area contributed by atoms with Crippen LogP contribution in [0.15, 0.2) is 47.7 Å². The fourth-order valence-electron chi connectivity index (χ4n) is 2.57. The van der Waals surface area contributed by atoms with Gasteiger partial charge < -0.3 is 18.9 Å². The second-order valence-corrected chi connectivity index (χ2v) is 6.78. The second-order valence-electron chi connectivity index (χ2n) is 6.78.